The van der Waals surface area contributed by atoms with E-state index in [4.69, 9.17) is 25.5 Å². The van der Waals surface area contributed by atoms with Crippen LogP contribution in [0.3, 0.4) is 0 Å². The molecule has 0 aromatic rings. The Balaban J connectivity index is -0.000000155. The van der Waals surface area contributed by atoms with Gasteiger partial charge in [0.05, 0.1) is 0 Å². The van der Waals surface area contributed by atoms with Crippen LogP contribution in [0.25, 0.3) is 0 Å². The van der Waals surface area contributed by atoms with Crippen molar-refractivity contribution in [3.63, 3.8) is 0 Å². The quantitative estimate of drug-likeness (QED) is 0.627. The summed E-state index contributed by atoms with van der Waals surface area (Å²) in [6, 6.07) is 0. The Morgan fingerprint density at radius 2 is 1.33 bits per heavy atom. The van der Waals surface area contributed by atoms with Crippen molar-refractivity contribution in [3.05, 3.63) is 0 Å². The van der Waals surface area contributed by atoms with E-state index < -0.39 is 11.9 Å². The Morgan fingerprint density at radius 3 is 1.53 bits per heavy atom. The van der Waals surface area contributed by atoms with E-state index in [0.717, 1.165) is 20.4 Å². The molecule has 0 aromatic carbocycles. The number of carboxylic acids is 2. The summed E-state index contributed by atoms with van der Waals surface area (Å²) in [5, 5.41) is 14.8. The zero-order valence-corrected chi connectivity index (χ0v) is 9.82. The minimum absolute atomic E-state index is 0.833. The van der Waals surface area contributed by atoms with Crippen LogP contribution in [0.1, 0.15) is 46.5 Å². The zero-order valence-electron chi connectivity index (χ0n) is 9.82. The first-order chi connectivity index (χ1) is 6.88. The second-order valence-corrected chi connectivity index (χ2v) is 2.89. The van der Waals surface area contributed by atoms with Crippen LogP contribution < -0.4 is 5.73 Å². The predicted octanol–water partition coefficient (Wildman–Crippen LogP) is 1.71. The van der Waals surface area contributed by atoms with Crippen molar-refractivity contribution in [1.82, 2.24) is 0 Å². The lowest BCUT2D eigenvalue weighted by atomic mass is 10.2. The summed E-state index contributed by atoms with van der Waals surface area (Å²) in [6.07, 6.45) is 5.16. The minimum atomic E-state index is -0.833. The largest absolute Gasteiger partial charge is 0.481 e. The second kappa shape index (κ2) is 18.6. The van der Waals surface area contributed by atoms with Crippen molar-refractivity contribution in [3.8, 4) is 0 Å². The molecular formula is C10H23NO4. The molecule has 0 atom stereocenters. The van der Waals surface area contributed by atoms with E-state index in [1.54, 1.807) is 0 Å². The Kier molecular flexibility index (Phi) is 24.2. The number of aliphatic carboxylic acids is 2. The van der Waals surface area contributed by atoms with Crippen molar-refractivity contribution < 1.29 is 19.8 Å². The van der Waals surface area contributed by atoms with Gasteiger partial charge >= 0.3 is 0 Å². The van der Waals surface area contributed by atoms with Gasteiger partial charge in [0.2, 0.25) is 0 Å². The van der Waals surface area contributed by atoms with E-state index in [-0.39, 0.29) is 0 Å². The number of rotatable bonds is 4. The van der Waals surface area contributed by atoms with E-state index >= 15 is 0 Å². The van der Waals surface area contributed by atoms with E-state index in [9.17, 15) is 0 Å². The molecule has 15 heavy (non-hydrogen) atoms. The number of carbonyl (C=O) groups is 2. The van der Waals surface area contributed by atoms with Crippen LogP contribution in [0, 0.1) is 0 Å². The van der Waals surface area contributed by atoms with Gasteiger partial charge in [-0.3, -0.25) is 9.59 Å². The van der Waals surface area contributed by atoms with Gasteiger partial charge in [0, 0.05) is 13.8 Å². The van der Waals surface area contributed by atoms with Crippen molar-refractivity contribution >= 4 is 11.9 Å². The first kappa shape index (κ1) is 19.5. The Hall–Kier alpha value is -1.10. The number of hydrogen-bond donors (Lipinski definition) is 3. The summed E-state index contributed by atoms with van der Waals surface area (Å²) < 4.78 is 0. The Bertz CT molecular complexity index is 124. The van der Waals surface area contributed by atoms with Gasteiger partial charge in [0.15, 0.2) is 0 Å². The SMILES string of the molecule is CC(=O)O.CC(=O)O.CCCCCCN. The molecule has 92 valence electrons. The molecule has 5 heteroatoms. The third-order valence-electron chi connectivity index (χ3n) is 1.06. The standard InChI is InChI=1S/C6H15N.2C2H4O2/c1-2-3-4-5-6-7;2*1-2(3)4/h2-7H2,1H3;2*1H3,(H,3,4). The third-order valence-corrected chi connectivity index (χ3v) is 1.06. The van der Waals surface area contributed by atoms with Gasteiger partial charge in [0.25, 0.3) is 11.9 Å². The van der Waals surface area contributed by atoms with Gasteiger partial charge in [-0.1, -0.05) is 26.2 Å². The second-order valence-electron chi connectivity index (χ2n) is 2.89. The van der Waals surface area contributed by atoms with Crippen molar-refractivity contribution in [1.29, 1.82) is 0 Å². The number of carboxylic acid groups (broad SMARTS) is 2. The molecule has 0 bridgehead atoms. The van der Waals surface area contributed by atoms with Crippen LogP contribution in [-0.2, 0) is 9.59 Å². The summed E-state index contributed by atoms with van der Waals surface area (Å²) >= 11 is 0. The fraction of sp³-hybridized carbons (Fsp3) is 0.800. The summed E-state index contributed by atoms with van der Waals surface area (Å²) in [5.74, 6) is -1.67. The van der Waals surface area contributed by atoms with Crippen LogP contribution in [0.5, 0.6) is 0 Å². The number of hydrogen-bond acceptors (Lipinski definition) is 3. The molecule has 0 radical (unpaired) electrons. The number of unbranched alkanes of at least 4 members (excludes halogenated alkanes) is 3. The molecule has 0 unspecified atom stereocenters. The summed E-state index contributed by atoms with van der Waals surface area (Å²) in [4.78, 5) is 18.0. The highest BCUT2D eigenvalue weighted by Gasteiger charge is 1.80. The molecule has 0 aliphatic carbocycles. The highest BCUT2D eigenvalue weighted by Crippen LogP contribution is 1.95. The maximum Gasteiger partial charge on any atom is 0.300 e. The van der Waals surface area contributed by atoms with Gasteiger partial charge in [0.1, 0.15) is 0 Å². The van der Waals surface area contributed by atoms with Crippen LogP contribution in [-0.4, -0.2) is 28.7 Å². The summed E-state index contributed by atoms with van der Waals surface area (Å²) in [7, 11) is 0. The first-order valence-electron chi connectivity index (χ1n) is 4.97. The molecule has 4 N–H and O–H groups in total. The smallest absolute Gasteiger partial charge is 0.300 e. The van der Waals surface area contributed by atoms with Gasteiger partial charge in [-0.05, 0) is 13.0 Å². The highest BCUT2D eigenvalue weighted by atomic mass is 16.4. The average Bonchev–Trinajstić information content (AvgIpc) is 2.03. The van der Waals surface area contributed by atoms with Crippen LogP contribution >= 0.6 is 0 Å². The van der Waals surface area contributed by atoms with E-state index in [2.05, 4.69) is 6.92 Å². The van der Waals surface area contributed by atoms with Gasteiger partial charge in [-0.15, -0.1) is 0 Å². The fourth-order valence-electron chi connectivity index (χ4n) is 0.571. The molecular weight excluding hydrogens is 198 g/mol. The zero-order chi connectivity index (χ0) is 12.7. The monoisotopic (exact) mass is 221 g/mol. The molecule has 0 rings (SSSR count). The topological polar surface area (TPSA) is 101 Å². The molecule has 0 saturated heterocycles. The highest BCUT2D eigenvalue weighted by molar-refractivity contribution is 5.63. The van der Waals surface area contributed by atoms with Crippen molar-refractivity contribution in [2.75, 3.05) is 6.54 Å². The molecule has 0 aromatic heterocycles. The maximum absolute atomic E-state index is 9.00. The fourth-order valence-corrected chi connectivity index (χ4v) is 0.571. The Morgan fingerprint density at radius 1 is 1.00 bits per heavy atom. The van der Waals surface area contributed by atoms with Gasteiger partial charge in [-0.25, -0.2) is 0 Å². The summed E-state index contributed by atoms with van der Waals surface area (Å²) in [6.45, 7) is 5.23. The normalized spacial score (nSPS) is 7.73. The molecule has 5 nitrogen and oxygen atoms in total. The maximum atomic E-state index is 9.00. The average molecular weight is 221 g/mol. The summed E-state index contributed by atoms with van der Waals surface area (Å²) in [5.41, 5.74) is 5.27. The Labute approximate surface area is 91.3 Å². The van der Waals surface area contributed by atoms with Crippen LogP contribution in [0.15, 0.2) is 0 Å². The van der Waals surface area contributed by atoms with Gasteiger partial charge < -0.3 is 15.9 Å². The van der Waals surface area contributed by atoms with Crippen LogP contribution in [0.2, 0.25) is 0 Å². The first-order valence-corrected chi connectivity index (χ1v) is 4.97. The predicted molar refractivity (Wildman–Crippen MR) is 59.8 cm³/mol. The third kappa shape index (κ3) is 182. The van der Waals surface area contributed by atoms with Crippen molar-refractivity contribution in [2.45, 2.75) is 46.5 Å². The van der Waals surface area contributed by atoms with E-state index in [1.807, 2.05) is 0 Å². The lowest BCUT2D eigenvalue weighted by molar-refractivity contribution is -0.135. The van der Waals surface area contributed by atoms with Gasteiger partial charge in [-0.2, -0.15) is 0 Å². The van der Waals surface area contributed by atoms with Crippen molar-refractivity contribution in [2.24, 2.45) is 5.73 Å². The van der Waals surface area contributed by atoms with Crippen LogP contribution in [0.4, 0.5) is 0 Å². The molecule has 0 aliphatic rings. The lowest BCUT2D eigenvalue weighted by Crippen LogP contribution is -1.97. The molecule has 0 heterocycles. The molecule has 0 fully saturated rings. The van der Waals surface area contributed by atoms with E-state index in [1.165, 1.54) is 25.7 Å². The minimum Gasteiger partial charge on any atom is -0.481 e. The molecule has 0 spiro atoms. The number of nitrogens with two attached hydrogens (primary N) is 1. The molecule has 0 saturated carbocycles. The lowest BCUT2D eigenvalue weighted by Gasteiger charge is -1.90. The van der Waals surface area contributed by atoms with E-state index in [0.29, 0.717) is 0 Å². The molecule has 0 amide bonds. The molecule has 0 aliphatic heterocycles.